The first-order chi connectivity index (χ1) is 7.16. The molecule has 0 aliphatic rings. The molecule has 0 aliphatic carbocycles. The van der Waals surface area contributed by atoms with Crippen LogP contribution in [0.1, 0.15) is 16.7 Å². The third-order valence-corrected chi connectivity index (χ3v) is 1.93. The fraction of sp³-hybridized carbons (Fsp3) is 0.333. The summed E-state index contributed by atoms with van der Waals surface area (Å²) >= 11 is 0. The first-order valence-electron chi connectivity index (χ1n) is 4.13. The van der Waals surface area contributed by atoms with Crippen molar-refractivity contribution in [1.29, 1.82) is 0 Å². The van der Waals surface area contributed by atoms with Crippen molar-refractivity contribution in [1.82, 2.24) is 0 Å². The molecule has 1 aromatic carbocycles. The maximum absolute atomic E-state index is 12.4. The summed E-state index contributed by atoms with van der Waals surface area (Å²) in [5, 5.41) is 0. The Labute approximate surface area is 86.9 Å². The van der Waals surface area contributed by atoms with Gasteiger partial charge in [0.1, 0.15) is 0 Å². The van der Waals surface area contributed by atoms with Crippen molar-refractivity contribution in [3.05, 3.63) is 34.9 Å². The van der Waals surface area contributed by atoms with Crippen molar-refractivity contribution in [3.8, 4) is 0 Å². The van der Waals surface area contributed by atoms with Gasteiger partial charge in [-0.15, -0.1) is 0 Å². The standard InChI is InChI=1S/C9H7F6N/c10-8(11,12)6-2-1-5(4-16)3-7(6)9(13,14)15/h1-3H,4,16H2. The largest absolute Gasteiger partial charge is 0.417 e. The van der Waals surface area contributed by atoms with Crippen molar-refractivity contribution >= 4 is 0 Å². The van der Waals surface area contributed by atoms with Crippen molar-refractivity contribution in [2.24, 2.45) is 5.73 Å². The van der Waals surface area contributed by atoms with Gasteiger partial charge in [-0.25, -0.2) is 0 Å². The van der Waals surface area contributed by atoms with E-state index in [-0.39, 0.29) is 12.1 Å². The molecule has 0 saturated heterocycles. The van der Waals surface area contributed by atoms with Gasteiger partial charge in [-0.05, 0) is 17.7 Å². The highest BCUT2D eigenvalue weighted by Crippen LogP contribution is 2.40. The van der Waals surface area contributed by atoms with E-state index in [0.29, 0.717) is 12.1 Å². The third kappa shape index (κ3) is 2.66. The topological polar surface area (TPSA) is 26.0 Å². The minimum atomic E-state index is -5.05. The zero-order valence-electron chi connectivity index (χ0n) is 7.78. The predicted octanol–water partition coefficient (Wildman–Crippen LogP) is 3.18. The Hall–Kier alpha value is -1.24. The summed E-state index contributed by atoms with van der Waals surface area (Å²) in [5.41, 5.74) is 1.67. The highest BCUT2D eigenvalue weighted by atomic mass is 19.4. The van der Waals surface area contributed by atoms with Gasteiger partial charge in [0.15, 0.2) is 0 Å². The summed E-state index contributed by atoms with van der Waals surface area (Å²) in [5.74, 6) is 0. The molecule has 16 heavy (non-hydrogen) atoms. The molecule has 0 fully saturated rings. The molecule has 1 rings (SSSR count). The van der Waals surface area contributed by atoms with Gasteiger partial charge in [0.25, 0.3) is 0 Å². The number of hydrogen-bond acceptors (Lipinski definition) is 1. The van der Waals surface area contributed by atoms with Crippen LogP contribution in [0.3, 0.4) is 0 Å². The zero-order chi connectivity index (χ0) is 12.6. The predicted molar refractivity (Wildman–Crippen MR) is 44.3 cm³/mol. The molecule has 0 heterocycles. The molecular weight excluding hydrogens is 236 g/mol. The normalized spacial score (nSPS) is 12.9. The molecule has 0 bridgehead atoms. The second kappa shape index (κ2) is 3.97. The quantitative estimate of drug-likeness (QED) is 0.753. The van der Waals surface area contributed by atoms with E-state index in [4.69, 9.17) is 5.73 Å². The smallest absolute Gasteiger partial charge is 0.326 e. The molecule has 7 heteroatoms. The first-order valence-corrected chi connectivity index (χ1v) is 4.13. The lowest BCUT2D eigenvalue weighted by Gasteiger charge is -2.16. The highest BCUT2D eigenvalue weighted by Gasteiger charge is 2.42. The Bertz CT molecular complexity index is 379. The fourth-order valence-corrected chi connectivity index (χ4v) is 1.20. The zero-order valence-corrected chi connectivity index (χ0v) is 7.78. The van der Waals surface area contributed by atoms with E-state index in [1.165, 1.54) is 0 Å². The number of alkyl halides is 6. The van der Waals surface area contributed by atoms with Crippen LogP contribution in [0.4, 0.5) is 26.3 Å². The van der Waals surface area contributed by atoms with Crippen LogP contribution >= 0.6 is 0 Å². The van der Waals surface area contributed by atoms with E-state index in [0.717, 1.165) is 6.07 Å². The third-order valence-electron chi connectivity index (χ3n) is 1.93. The van der Waals surface area contributed by atoms with E-state index in [9.17, 15) is 26.3 Å². The van der Waals surface area contributed by atoms with Gasteiger partial charge in [0.05, 0.1) is 11.1 Å². The lowest BCUT2D eigenvalue weighted by Crippen LogP contribution is -2.17. The fourth-order valence-electron chi connectivity index (χ4n) is 1.20. The van der Waals surface area contributed by atoms with Crippen molar-refractivity contribution in [2.75, 3.05) is 0 Å². The van der Waals surface area contributed by atoms with E-state index in [1.807, 2.05) is 0 Å². The van der Waals surface area contributed by atoms with Crippen LogP contribution in [0.2, 0.25) is 0 Å². The molecule has 0 saturated carbocycles. The number of halogens is 6. The number of rotatable bonds is 1. The van der Waals surface area contributed by atoms with E-state index >= 15 is 0 Å². The van der Waals surface area contributed by atoms with Crippen LogP contribution in [-0.4, -0.2) is 0 Å². The second-order valence-electron chi connectivity index (χ2n) is 3.08. The van der Waals surface area contributed by atoms with E-state index < -0.39 is 23.5 Å². The van der Waals surface area contributed by atoms with Crippen molar-refractivity contribution < 1.29 is 26.3 Å². The van der Waals surface area contributed by atoms with Gasteiger partial charge in [0.2, 0.25) is 0 Å². The molecule has 1 nitrogen and oxygen atoms in total. The maximum Gasteiger partial charge on any atom is 0.417 e. The average molecular weight is 243 g/mol. The average Bonchev–Trinajstić information content (AvgIpc) is 2.14. The van der Waals surface area contributed by atoms with Gasteiger partial charge < -0.3 is 5.73 Å². The number of hydrogen-bond donors (Lipinski definition) is 1. The van der Waals surface area contributed by atoms with Crippen LogP contribution < -0.4 is 5.73 Å². The molecule has 0 spiro atoms. The molecule has 90 valence electrons. The Balaban J connectivity index is 3.40. The molecule has 0 unspecified atom stereocenters. The molecular formula is C9H7F6N. The minimum absolute atomic E-state index is 0.000301. The van der Waals surface area contributed by atoms with Crippen molar-refractivity contribution in [3.63, 3.8) is 0 Å². The summed E-state index contributed by atoms with van der Waals surface area (Å²) in [4.78, 5) is 0. The molecule has 1 aromatic rings. The van der Waals surface area contributed by atoms with Crippen LogP contribution in [0.5, 0.6) is 0 Å². The summed E-state index contributed by atoms with van der Waals surface area (Å²) in [6, 6.07) is 1.74. The maximum atomic E-state index is 12.4. The Morgan fingerprint density at radius 2 is 1.38 bits per heavy atom. The van der Waals surface area contributed by atoms with Gasteiger partial charge in [-0.2, -0.15) is 26.3 Å². The summed E-state index contributed by atoms with van der Waals surface area (Å²) in [6.45, 7) is -0.249. The van der Waals surface area contributed by atoms with E-state index in [2.05, 4.69) is 0 Å². The van der Waals surface area contributed by atoms with E-state index in [1.54, 1.807) is 0 Å². The first kappa shape index (κ1) is 12.8. The Morgan fingerprint density at radius 3 is 1.75 bits per heavy atom. The van der Waals surface area contributed by atoms with Gasteiger partial charge >= 0.3 is 12.4 Å². The molecule has 0 aliphatic heterocycles. The lowest BCUT2D eigenvalue weighted by molar-refractivity contribution is -0.162. The minimum Gasteiger partial charge on any atom is -0.326 e. The summed E-state index contributed by atoms with van der Waals surface area (Å²) in [7, 11) is 0. The number of nitrogens with two attached hydrogens (primary N) is 1. The molecule has 2 N–H and O–H groups in total. The summed E-state index contributed by atoms with van der Waals surface area (Å²) in [6.07, 6.45) is -10.1. The summed E-state index contributed by atoms with van der Waals surface area (Å²) < 4.78 is 73.9. The SMILES string of the molecule is NCc1ccc(C(F)(F)F)c(C(F)(F)F)c1. The Kier molecular flexibility index (Phi) is 3.18. The Morgan fingerprint density at radius 1 is 0.875 bits per heavy atom. The highest BCUT2D eigenvalue weighted by molar-refractivity contribution is 5.36. The van der Waals surface area contributed by atoms with Crippen molar-refractivity contribution in [2.45, 2.75) is 18.9 Å². The van der Waals surface area contributed by atoms with Gasteiger partial charge in [-0.3, -0.25) is 0 Å². The van der Waals surface area contributed by atoms with Crippen LogP contribution in [0, 0.1) is 0 Å². The molecule has 0 atom stereocenters. The molecule has 0 aromatic heterocycles. The second-order valence-corrected chi connectivity index (χ2v) is 3.08. The van der Waals surface area contributed by atoms with Gasteiger partial charge in [-0.1, -0.05) is 6.07 Å². The number of benzene rings is 1. The van der Waals surface area contributed by atoms with Crippen LogP contribution in [0.25, 0.3) is 0 Å². The molecule has 0 amide bonds. The lowest BCUT2D eigenvalue weighted by atomic mass is 10.0. The monoisotopic (exact) mass is 243 g/mol. The molecule has 0 radical (unpaired) electrons. The van der Waals surface area contributed by atoms with Gasteiger partial charge in [0, 0.05) is 6.54 Å². The van der Waals surface area contributed by atoms with Crippen LogP contribution in [-0.2, 0) is 18.9 Å². The van der Waals surface area contributed by atoms with Crippen LogP contribution in [0.15, 0.2) is 18.2 Å².